The summed E-state index contributed by atoms with van der Waals surface area (Å²) >= 11 is 0. The van der Waals surface area contributed by atoms with Crippen LogP contribution in [0.15, 0.2) is 83.9 Å². The molecule has 9 heteroatoms. The molecule has 0 aliphatic rings. The molecular weight excluding hydrogens is 470 g/mol. The molecule has 0 bridgehead atoms. The van der Waals surface area contributed by atoms with Crippen molar-refractivity contribution >= 4 is 17.6 Å². The van der Waals surface area contributed by atoms with E-state index in [1.807, 2.05) is 60.7 Å². The Balaban J connectivity index is 1.93. The average Bonchev–Trinajstić information content (AvgIpc) is 2.91. The van der Waals surface area contributed by atoms with Crippen molar-refractivity contribution in [1.29, 1.82) is 0 Å². The predicted molar refractivity (Wildman–Crippen MR) is 143 cm³/mol. The van der Waals surface area contributed by atoms with E-state index in [4.69, 9.17) is 21.9 Å². The van der Waals surface area contributed by atoms with Gasteiger partial charge in [-0.3, -0.25) is 14.6 Å². The fourth-order valence-electron chi connectivity index (χ4n) is 4.14. The number of aromatic hydroxyl groups is 1. The van der Waals surface area contributed by atoms with Crippen molar-refractivity contribution in [3.05, 3.63) is 95.6 Å². The summed E-state index contributed by atoms with van der Waals surface area (Å²) in [6, 6.07) is 23.2. The standard InChI is InChI=1S/C28H33N5O4/c1-37-23-14-13-19(17-22(23)34)18-33-26(36)28(31,15-8-16-32-27(29)30)25(35)24(20-9-4-2-5-10-20)21-11-6-3-7-12-21/h2-7,9-14,17,24,34H,8,15-16,18,31H2,1H3,(H,33,36)(H4,29,30,32)/t28-/m1/s1. The van der Waals surface area contributed by atoms with E-state index in [0.29, 0.717) is 17.7 Å². The molecule has 0 spiro atoms. The normalized spacial score (nSPS) is 12.4. The van der Waals surface area contributed by atoms with Gasteiger partial charge in [0.1, 0.15) is 0 Å². The van der Waals surface area contributed by atoms with E-state index in [2.05, 4.69) is 10.3 Å². The average molecular weight is 504 g/mol. The van der Waals surface area contributed by atoms with Gasteiger partial charge in [-0.2, -0.15) is 0 Å². The van der Waals surface area contributed by atoms with Gasteiger partial charge in [0.25, 0.3) is 0 Å². The topological polar surface area (TPSA) is 166 Å². The number of Topliss-reactive ketones (excluding diaryl/α,β-unsaturated/α-hetero) is 1. The third-order valence-electron chi connectivity index (χ3n) is 6.09. The summed E-state index contributed by atoms with van der Waals surface area (Å²) in [7, 11) is 1.45. The third kappa shape index (κ3) is 6.86. The molecule has 194 valence electrons. The Hall–Kier alpha value is -4.37. The van der Waals surface area contributed by atoms with E-state index < -0.39 is 23.1 Å². The number of ketones is 1. The highest BCUT2D eigenvalue weighted by Crippen LogP contribution is 2.31. The van der Waals surface area contributed by atoms with Crippen molar-refractivity contribution in [2.24, 2.45) is 22.2 Å². The van der Waals surface area contributed by atoms with Gasteiger partial charge in [0.05, 0.1) is 13.0 Å². The lowest BCUT2D eigenvalue weighted by atomic mass is 9.76. The van der Waals surface area contributed by atoms with E-state index >= 15 is 0 Å². The lowest BCUT2D eigenvalue weighted by molar-refractivity contribution is -0.136. The Bertz CT molecular complexity index is 1190. The SMILES string of the molecule is COc1ccc(CNC(=O)[C@@](N)(CCCN=C(N)N)C(=O)C(c2ccccc2)c2ccccc2)cc1O. The molecule has 0 aromatic heterocycles. The highest BCUT2D eigenvalue weighted by atomic mass is 16.5. The lowest BCUT2D eigenvalue weighted by Gasteiger charge is -2.31. The number of rotatable bonds is 12. The molecule has 1 atom stereocenters. The summed E-state index contributed by atoms with van der Waals surface area (Å²) < 4.78 is 5.06. The van der Waals surface area contributed by atoms with Crippen LogP contribution in [0.25, 0.3) is 0 Å². The number of methoxy groups -OCH3 is 1. The van der Waals surface area contributed by atoms with Gasteiger partial charge >= 0.3 is 0 Å². The van der Waals surface area contributed by atoms with Gasteiger partial charge in [-0.25, -0.2) is 0 Å². The van der Waals surface area contributed by atoms with Crippen molar-refractivity contribution in [2.75, 3.05) is 13.7 Å². The number of aliphatic imine (C=N–C) groups is 1. The zero-order valence-corrected chi connectivity index (χ0v) is 20.8. The Morgan fingerprint density at radius 1 is 1.00 bits per heavy atom. The monoisotopic (exact) mass is 503 g/mol. The van der Waals surface area contributed by atoms with Gasteiger partial charge in [-0.05, 0) is 41.7 Å². The Labute approximate surface area is 216 Å². The van der Waals surface area contributed by atoms with Crippen LogP contribution in [0.1, 0.15) is 35.4 Å². The second-order valence-corrected chi connectivity index (χ2v) is 8.69. The van der Waals surface area contributed by atoms with E-state index in [-0.39, 0.29) is 31.2 Å². The molecule has 0 saturated heterocycles. The molecule has 0 aliphatic heterocycles. The first kappa shape index (κ1) is 27.2. The number of amides is 1. The number of phenols is 1. The van der Waals surface area contributed by atoms with E-state index in [9.17, 15) is 14.7 Å². The molecule has 3 aromatic carbocycles. The maximum atomic E-state index is 14.2. The van der Waals surface area contributed by atoms with Crippen LogP contribution in [-0.2, 0) is 16.1 Å². The number of carbonyl (C=O) groups is 2. The molecule has 0 heterocycles. The van der Waals surface area contributed by atoms with Crippen LogP contribution < -0.4 is 27.3 Å². The Morgan fingerprint density at radius 2 is 1.59 bits per heavy atom. The summed E-state index contributed by atoms with van der Waals surface area (Å²) in [5.41, 5.74) is 17.7. The fraction of sp³-hybridized carbons (Fsp3) is 0.250. The van der Waals surface area contributed by atoms with Crippen LogP contribution in [0.5, 0.6) is 11.5 Å². The molecular formula is C28H33N5O4. The van der Waals surface area contributed by atoms with Gasteiger partial charge in [-0.1, -0.05) is 66.7 Å². The van der Waals surface area contributed by atoms with Crippen molar-refractivity contribution in [3.8, 4) is 11.5 Å². The third-order valence-corrected chi connectivity index (χ3v) is 6.09. The van der Waals surface area contributed by atoms with E-state index in [1.54, 1.807) is 12.1 Å². The first-order chi connectivity index (χ1) is 17.8. The summed E-state index contributed by atoms with van der Waals surface area (Å²) in [5, 5.41) is 12.8. The van der Waals surface area contributed by atoms with Crippen molar-refractivity contribution in [2.45, 2.75) is 30.8 Å². The summed E-state index contributed by atoms with van der Waals surface area (Å²) in [6.07, 6.45) is 0.339. The quantitative estimate of drug-likeness (QED) is 0.109. The van der Waals surface area contributed by atoms with Crippen molar-refractivity contribution in [3.63, 3.8) is 0 Å². The van der Waals surface area contributed by atoms with Crippen molar-refractivity contribution in [1.82, 2.24) is 5.32 Å². The smallest absolute Gasteiger partial charge is 0.248 e. The molecule has 3 rings (SSSR count). The molecule has 0 unspecified atom stereocenters. The van der Waals surface area contributed by atoms with Crippen LogP contribution in [0.3, 0.4) is 0 Å². The maximum absolute atomic E-state index is 14.2. The minimum Gasteiger partial charge on any atom is -0.504 e. The number of nitrogens with two attached hydrogens (primary N) is 3. The minimum atomic E-state index is -1.87. The van der Waals surface area contributed by atoms with Gasteiger partial charge in [0.15, 0.2) is 28.8 Å². The molecule has 9 nitrogen and oxygen atoms in total. The molecule has 8 N–H and O–H groups in total. The first-order valence-electron chi connectivity index (χ1n) is 11.9. The molecule has 1 amide bonds. The number of benzene rings is 3. The van der Waals surface area contributed by atoms with Crippen molar-refractivity contribution < 1.29 is 19.4 Å². The second-order valence-electron chi connectivity index (χ2n) is 8.69. The van der Waals surface area contributed by atoms with Gasteiger partial charge in [0, 0.05) is 13.1 Å². The molecule has 0 aliphatic carbocycles. The molecule has 3 aromatic rings. The zero-order chi connectivity index (χ0) is 26.8. The van der Waals surface area contributed by atoms with Gasteiger partial charge < -0.3 is 32.4 Å². The maximum Gasteiger partial charge on any atom is 0.248 e. The largest absolute Gasteiger partial charge is 0.504 e. The number of nitrogens with one attached hydrogen (secondary N) is 1. The molecule has 37 heavy (non-hydrogen) atoms. The summed E-state index contributed by atoms with van der Waals surface area (Å²) in [5.74, 6) is -1.66. The number of hydrogen-bond acceptors (Lipinski definition) is 6. The van der Waals surface area contributed by atoms with Crippen LogP contribution in [-0.4, -0.2) is 41.9 Å². The van der Waals surface area contributed by atoms with E-state index in [0.717, 1.165) is 11.1 Å². The number of phenolic OH excluding ortho intramolecular Hbond substituents is 1. The first-order valence-corrected chi connectivity index (χ1v) is 11.9. The van der Waals surface area contributed by atoms with Crippen LogP contribution in [0.2, 0.25) is 0 Å². The number of nitrogens with zero attached hydrogens (tertiary/aromatic N) is 1. The van der Waals surface area contributed by atoms with Crippen LogP contribution in [0, 0.1) is 0 Å². The van der Waals surface area contributed by atoms with E-state index in [1.165, 1.54) is 13.2 Å². The minimum absolute atomic E-state index is 0.0263. The number of ether oxygens (including phenoxy) is 1. The predicted octanol–water partition coefficient (Wildman–Crippen LogP) is 2.17. The van der Waals surface area contributed by atoms with Crippen LogP contribution in [0.4, 0.5) is 0 Å². The highest BCUT2D eigenvalue weighted by Gasteiger charge is 2.45. The molecule has 0 fully saturated rings. The van der Waals surface area contributed by atoms with Crippen LogP contribution >= 0.6 is 0 Å². The molecule has 0 radical (unpaired) electrons. The lowest BCUT2D eigenvalue weighted by Crippen LogP contribution is -2.61. The highest BCUT2D eigenvalue weighted by molar-refractivity contribution is 6.13. The van der Waals surface area contributed by atoms with Gasteiger partial charge in [0.2, 0.25) is 5.91 Å². The summed E-state index contributed by atoms with van der Waals surface area (Å²) in [4.78, 5) is 31.7. The zero-order valence-electron chi connectivity index (χ0n) is 20.8. The number of hydrogen-bond donors (Lipinski definition) is 5. The number of carbonyl (C=O) groups excluding carboxylic acids is 2. The Kier molecular flexibility index (Phi) is 9.23. The Morgan fingerprint density at radius 3 is 2.11 bits per heavy atom. The second kappa shape index (κ2) is 12.5. The summed E-state index contributed by atoms with van der Waals surface area (Å²) in [6.45, 7) is 0.271. The fourth-order valence-corrected chi connectivity index (χ4v) is 4.14. The molecule has 0 saturated carbocycles. The van der Waals surface area contributed by atoms with Gasteiger partial charge in [-0.15, -0.1) is 0 Å². The number of guanidine groups is 1.